The highest BCUT2D eigenvalue weighted by Gasteiger charge is 2.49. The van der Waals surface area contributed by atoms with Crippen molar-refractivity contribution in [2.45, 2.75) is 109 Å². The molecule has 0 amide bonds. The monoisotopic (exact) mass is 1090 g/mol. The first-order valence-corrected chi connectivity index (χ1v) is 23.1. The van der Waals surface area contributed by atoms with Gasteiger partial charge in [0, 0.05) is 66.1 Å². The number of alkyl halides is 18. The summed E-state index contributed by atoms with van der Waals surface area (Å²) in [5, 5.41) is 0. The molecule has 0 N–H and O–H groups in total. The molecule has 0 aliphatic carbocycles. The lowest BCUT2D eigenvalue weighted by Gasteiger charge is -2.39. The van der Waals surface area contributed by atoms with Crippen molar-refractivity contribution in [2.75, 3.05) is 0 Å². The number of rotatable bonds is 8. The van der Waals surface area contributed by atoms with E-state index in [9.17, 15) is 79.0 Å². The van der Waals surface area contributed by atoms with E-state index < -0.39 is 115 Å². The van der Waals surface area contributed by atoms with Crippen LogP contribution < -0.4 is 13.8 Å². The maximum Gasteiger partial charge on any atom is 0.418 e. The molecule has 6 aromatic rings. The van der Waals surface area contributed by atoms with Gasteiger partial charge in [-0.1, -0.05) is 67.5 Å². The summed E-state index contributed by atoms with van der Waals surface area (Å²) in [7, 11) is -6.58. The molecule has 1 aliphatic rings. The summed E-state index contributed by atoms with van der Waals surface area (Å²) < 4.78 is 276. The minimum absolute atomic E-state index is 0.00527. The highest BCUT2D eigenvalue weighted by Crippen LogP contribution is 2.61. The standard InChI is InChI=1S/C45H38F18N4O3P2/c1-37(2,3)25-13-27-35(33(15-25)69-71(64-11-9-23(17-64)40(46,47)48)66-19-29(42(52,53)54)30(20-66)43(55,56)57)68-36-28(39(27,7)8)14-26(38(4,5)6)16-34(36)70-72(65-12-10-24(18-65)41(49,50)51)67-21-31(44(58,59)60)32(22-67)45(61,62)63/h9-22H,1-8H3. The molecule has 0 saturated heterocycles. The molecule has 7 nitrogen and oxygen atoms in total. The van der Waals surface area contributed by atoms with E-state index in [-0.39, 0.29) is 47.4 Å². The minimum Gasteiger partial charge on any atom is -0.449 e. The van der Waals surface area contributed by atoms with Gasteiger partial charge in [-0.05, 0) is 46.2 Å². The first kappa shape index (κ1) is 54.3. The fraction of sp³-hybridized carbons (Fsp3) is 0.378. The highest BCUT2D eigenvalue weighted by atomic mass is 31.2. The molecule has 0 bridgehead atoms. The van der Waals surface area contributed by atoms with Crippen molar-refractivity contribution >= 4 is 16.9 Å². The zero-order chi connectivity index (χ0) is 54.1. The zero-order valence-electron chi connectivity index (χ0n) is 38.3. The van der Waals surface area contributed by atoms with Gasteiger partial charge in [0.15, 0.2) is 23.0 Å². The van der Waals surface area contributed by atoms with Crippen molar-refractivity contribution in [2.24, 2.45) is 0 Å². The maximum absolute atomic E-state index is 14.2. The number of ether oxygens (including phenoxy) is 1. The summed E-state index contributed by atoms with van der Waals surface area (Å²) in [6.45, 7) is 13.4. The number of nitrogens with zero attached hydrogens (tertiary/aromatic N) is 4. The van der Waals surface area contributed by atoms with E-state index in [1.54, 1.807) is 67.5 Å². The van der Waals surface area contributed by atoms with Crippen LogP contribution in [-0.4, -0.2) is 17.4 Å². The quantitative estimate of drug-likeness (QED) is 0.113. The Morgan fingerprint density at radius 3 is 0.931 bits per heavy atom. The van der Waals surface area contributed by atoms with Crippen LogP contribution in [0.3, 0.4) is 0 Å². The SMILES string of the molecule is CC(C)(C)c1cc(OP(n2ccc(C(F)(F)F)c2)n2cc(C(F)(F)F)c(C(F)(F)F)c2)c2c(c1)C(C)(C)c1cc(C(C)(C)C)cc(OP(n3ccc(C(F)(F)F)c3)n3cc(C(F)(F)F)c(C(F)(F)F)c3)c1O2. The number of halogens is 18. The van der Waals surface area contributed by atoms with Crippen molar-refractivity contribution in [3.05, 3.63) is 142 Å². The maximum atomic E-state index is 14.2. The average molecular weight is 1090 g/mol. The van der Waals surface area contributed by atoms with Crippen molar-refractivity contribution in [1.82, 2.24) is 17.4 Å². The fourth-order valence-electron chi connectivity index (χ4n) is 7.50. The Morgan fingerprint density at radius 1 is 0.403 bits per heavy atom. The van der Waals surface area contributed by atoms with Crippen LogP contribution in [0.25, 0.3) is 0 Å². The zero-order valence-corrected chi connectivity index (χ0v) is 40.1. The topological polar surface area (TPSA) is 47.4 Å². The lowest BCUT2D eigenvalue weighted by molar-refractivity contribution is -0.161. The van der Waals surface area contributed by atoms with Crippen LogP contribution in [0.2, 0.25) is 0 Å². The van der Waals surface area contributed by atoms with Crippen LogP contribution in [0.5, 0.6) is 23.0 Å². The van der Waals surface area contributed by atoms with E-state index in [1.165, 1.54) is 12.1 Å². The largest absolute Gasteiger partial charge is 0.449 e. The van der Waals surface area contributed by atoms with Crippen molar-refractivity contribution < 1.29 is 92.8 Å². The molecule has 392 valence electrons. The van der Waals surface area contributed by atoms with Crippen LogP contribution in [0, 0.1) is 0 Å². The Balaban J connectivity index is 1.49. The van der Waals surface area contributed by atoms with Crippen LogP contribution in [0.15, 0.2) is 86.0 Å². The van der Waals surface area contributed by atoms with Crippen LogP contribution in [-0.2, 0) is 53.3 Å². The Hall–Kier alpha value is -5.44. The molecule has 5 heterocycles. The molecule has 4 aromatic heterocycles. The third-order valence-corrected chi connectivity index (χ3v) is 14.7. The number of fused-ring (bicyclic) bond motifs is 2. The first-order chi connectivity index (χ1) is 32.5. The van der Waals surface area contributed by atoms with Crippen LogP contribution in [0.4, 0.5) is 79.0 Å². The molecule has 27 heteroatoms. The van der Waals surface area contributed by atoms with E-state index in [1.807, 2.05) is 0 Å². The summed E-state index contributed by atoms with van der Waals surface area (Å²) in [6, 6.07) is 6.72. The van der Waals surface area contributed by atoms with Gasteiger partial charge in [-0.3, -0.25) is 17.4 Å². The molecule has 7 rings (SSSR count). The molecule has 2 aromatic carbocycles. The first-order valence-electron chi connectivity index (χ1n) is 20.7. The lowest BCUT2D eigenvalue weighted by Crippen LogP contribution is -2.27. The predicted molar refractivity (Wildman–Crippen MR) is 227 cm³/mol. The third kappa shape index (κ3) is 10.6. The molecule has 0 fully saturated rings. The number of benzene rings is 2. The second-order valence-electron chi connectivity index (χ2n) is 19.1. The van der Waals surface area contributed by atoms with Gasteiger partial charge in [-0.25, -0.2) is 0 Å². The van der Waals surface area contributed by atoms with E-state index >= 15 is 0 Å². The summed E-state index contributed by atoms with van der Waals surface area (Å²) >= 11 is 0. The van der Waals surface area contributed by atoms with Gasteiger partial charge in [-0.2, -0.15) is 79.0 Å². The van der Waals surface area contributed by atoms with Crippen LogP contribution in [0.1, 0.15) is 111 Å². The van der Waals surface area contributed by atoms with Crippen molar-refractivity contribution in [3.8, 4) is 23.0 Å². The van der Waals surface area contributed by atoms with Gasteiger partial charge in [0.25, 0.3) is 0 Å². The van der Waals surface area contributed by atoms with Crippen LogP contribution >= 0.6 is 16.9 Å². The summed E-state index contributed by atoms with van der Waals surface area (Å²) in [4.78, 5) is 0. The van der Waals surface area contributed by atoms with E-state index in [0.29, 0.717) is 65.4 Å². The summed E-state index contributed by atoms with van der Waals surface area (Å²) in [5.74, 6) is -1.76. The molecule has 1 aliphatic heterocycles. The molecule has 2 atom stereocenters. The van der Waals surface area contributed by atoms with E-state index in [0.717, 1.165) is 0 Å². The second kappa shape index (κ2) is 17.3. The van der Waals surface area contributed by atoms with E-state index in [2.05, 4.69) is 0 Å². The van der Waals surface area contributed by atoms with Gasteiger partial charge in [0.1, 0.15) is 0 Å². The smallest absolute Gasteiger partial charge is 0.418 e. The molecule has 0 spiro atoms. The van der Waals surface area contributed by atoms with Crippen molar-refractivity contribution in [3.63, 3.8) is 0 Å². The predicted octanol–water partition coefficient (Wildman–Crippen LogP) is 17.4. The van der Waals surface area contributed by atoms with Gasteiger partial charge in [0.2, 0.25) is 0 Å². The fourth-order valence-corrected chi connectivity index (χ4v) is 10.6. The number of hydrogen-bond donors (Lipinski definition) is 0. The van der Waals surface area contributed by atoms with Gasteiger partial charge in [0.05, 0.1) is 33.4 Å². The highest BCUT2D eigenvalue weighted by molar-refractivity contribution is 7.50. The number of hydrogen-bond acceptors (Lipinski definition) is 3. The Morgan fingerprint density at radius 2 is 0.694 bits per heavy atom. The third-order valence-electron chi connectivity index (χ3n) is 11.4. The summed E-state index contributed by atoms with van der Waals surface area (Å²) in [6.07, 6.45) is -30.5. The lowest BCUT2D eigenvalue weighted by atomic mass is 9.72. The molecular formula is C45H38F18N4O3P2. The Labute approximate surface area is 399 Å². The Bertz CT molecular complexity index is 2740. The molecule has 0 radical (unpaired) electrons. The second-order valence-corrected chi connectivity index (χ2v) is 22.3. The number of aromatic nitrogens is 4. The van der Waals surface area contributed by atoms with Gasteiger partial charge < -0.3 is 13.8 Å². The van der Waals surface area contributed by atoms with Gasteiger partial charge in [-0.15, -0.1) is 0 Å². The Kier molecular flexibility index (Phi) is 13.1. The minimum atomic E-state index is -5.65. The summed E-state index contributed by atoms with van der Waals surface area (Å²) in [5.41, 5.74) is -13.6. The molecule has 0 saturated carbocycles. The molecule has 72 heavy (non-hydrogen) atoms. The molecular weight excluding hydrogens is 1050 g/mol. The average Bonchev–Trinajstić information content (AvgIpc) is 4.03. The molecule has 2 unspecified atom stereocenters. The van der Waals surface area contributed by atoms with E-state index in [4.69, 9.17) is 13.8 Å². The normalized spacial score (nSPS) is 15.8. The van der Waals surface area contributed by atoms with Gasteiger partial charge >= 0.3 is 54.0 Å². The van der Waals surface area contributed by atoms with Crippen molar-refractivity contribution in [1.29, 1.82) is 0 Å².